The number of hydrogen-bond donors (Lipinski definition) is 1. The minimum atomic E-state index is -4.02. The van der Waals surface area contributed by atoms with Crippen molar-refractivity contribution < 1.29 is 53.0 Å². The topological polar surface area (TPSA) is 98.9 Å². The first-order valence-electron chi connectivity index (χ1n) is 3.68. The molecule has 0 spiro atoms. The van der Waals surface area contributed by atoms with Crippen molar-refractivity contribution in [3.05, 3.63) is 10.1 Å². The summed E-state index contributed by atoms with van der Waals surface area (Å²) in [5, 5.41) is 10.6. The third kappa shape index (κ3) is 3.00. The van der Waals surface area contributed by atoms with Crippen molar-refractivity contribution in [3.8, 4) is 0 Å². The van der Waals surface area contributed by atoms with Crippen molar-refractivity contribution in [1.82, 2.24) is 0 Å². The molecular weight excluding hydrogens is 224 g/mol. The quantitative estimate of drug-likeness (QED) is 0.247. The van der Waals surface area contributed by atoms with Crippen molar-refractivity contribution >= 4 is 7.82 Å². The Morgan fingerprint density at radius 1 is 1.57 bits per heavy atom. The van der Waals surface area contributed by atoms with E-state index in [1.165, 1.54) is 0 Å². The molecule has 0 bridgehead atoms. The van der Waals surface area contributed by atoms with Crippen molar-refractivity contribution in [1.29, 1.82) is 0 Å². The molecule has 0 saturated carbocycles. The van der Waals surface area contributed by atoms with Crippen molar-refractivity contribution in [3.63, 3.8) is 0 Å². The molecule has 1 rings (SSSR count). The fraction of sp³-hybridized carbons (Fsp3) is 1.00. The normalized spacial score (nSPS) is 37.3. The van der Waals surface area contributed by atoms with Crippen LogP contribution >= 0.6 is 7.82 Å². The first kappa shape index (κ1) is 14.5. The number of phosphoric ester groups is 1. The van der Waals surface area contributed by atoms with Crippen molar-refractivity contribution in [2.75, 3.05) is 13.2 Å². The number of rotatable bonds is 2. The second kappa shape index (κ2) is 5.03. The van der Waals surface area contributed by atoms with Gasteiger partial charge in [-0.05, 0) is 0 Å². The van der Waals surface area contributed by atoms with Gasteiger partial charge in [-0.1, -0.05) is 6.92 Å². The molecule has 0 atom stereocenters. The van der Waals surface area contributed by atoms with Crippen LogP contribution in [0.25, 0.3) is 0 Å². The van der Waals surface area contributed by atoms with E-state index in [0.717, 1.165) is 0 Å². The molecule has 0 aromatic carbocycles. The van der Waals surface area contributed by atoms with E-state index in [2.05, 4.69) is 9.05 Å². The molecule has 9 heteroatoms. The van der Waals surface area contributed by atoms with Crippen LogP contribution < -0.4 is 29.6 Å². The maximum Gasteiger partial charge on any atom is 1.00 e. The summed E-state index contributed by atoms with van der Waals surface area (Å²) in [5.74, 6) is 0. The van der Waals surface area contributed by atoms with E-state index in [4.69, 9.17) is 4.89 Å². The predicted octanol–water partition coefficient (Wildman–Crippen LogP) is -2.44. The van der Waals surface area contributed by atoms with Crippen molar-refractivity contribution in [2.45, 2.75) is 18.9 Å². The van der Waals surface area contributed by atoms with Gasteiger partial charge in [-0.3, -0.25) is 19.2 Å². The van der Waals surface area contributed by atoms with Crippen molar-refractivity contribution in [2.24, 2.45) is 0 Å². The van der Waals surface area contributed by atoms with E-state index >= 15 is 0 Å². The van der Waals surface area contributed by atoms with Crippen LogP contribution in [0.15, 0.2) is 0 Å². The number of nitro groups is 1. The molecule has 76 valence electrons. The van der Waals surface area contributed by atoms with Crippen LogP contribution in [0.1, 0.15) is 13.3 Å². The summed E-state index contributed by atoms with van der Waals surface area (Å²) in [5.41, 5.74) is -1.38. The van der Waals surface area contributed by atoms with Gasteiger partial charge in [-0.2, -0.15) is 0 Å². The third-order valence-corrected chi connectivity index (χ3v) is 2.95. The Kier molecular flexibility index (Phi) is 5.21. The second-order valence-corrected chi connectivity index (χ2v) is 4.30. The molecule has 1 fully saturated rings. The summed E-state index contributed by atoms with van der Waals surface area (Å²) in [6.45, 7) is 0.831. The average Bonchev–Trinajstić information content (AvgIpc) is 2.05. The van der Waals surface area contributed by atoms with E-state index < -0.39 is 18.3 Å². The number of nitrogens with zero attached hydrogens (tertiary/aromatic N) is 1. The van der Waals surface area contributed by atoms with Gasteiger partial charge in [-0.15, -0.1) is 0 Å². The molecule has 0 unspecified atom stereocenters. The Morgan fingerprint density at radius 2 is 2.00 bits per heavy atom. The Balaban J connectivity index is 0.00000169. The van der Waals surface area contributed by atoms with Crippen LogP contribution in [-0.2, 0) is 13.6 Å². The molecule has 0 aromatic heterocycles. The Bertz CT molecular complexity index is 259. The van der Waals surface area contributed by atoms with Gasteiger partial charge >= 0.3 is 37.4 Å². The minimum Gasteiger partial charge on any atom is -0.302 e. The number of phosphoric acid groups is 1. The SMILES string of the molecule is CCC1([N+](=O)[O-])COP(=O)(O)OC1.[Na+]. The molecule has 1 aliphatic rings. The van der Waals surface area contributed by atoms with Gasteiger partial charge in [0.2, 0.25) is 0 Å². The first-order chi connectivity index (χ1) is 5.92. The molecule has 1 N–H and O–H groups in total. The average molecular weight is 234 g/mol. The van der Waals surface area contributed by atoms with Crippen LogP contribution in [0.4, 0.5) is 0 Å². The fourth-order valence-electron chi connectivity index (χ4n) is 0.921. The third-order valence-electron chi connectivity index (χ3n) is 2.04. The van der Waals surface area contributed by atoms with E-state index in [9.17, 15) is 14.7 Å². The smallest absolute Gasteiger partial charge is 0.302 e. The molecule has 1 aliphatic heterocycles. The first-order valence-corrected chi connectivity index (χ1v) is 5.18. The van der Waals surface area contributed by atoms with Crippen LogP contribution in [0.5, 0.6) is 0 Å². The largest absolute Gasteiger partial charge is 1.00 e. The summed E-state index contributed by atoms with van der Waals surface area (Å²) >= 11 is 0. The van der Waals surface area contributed by atoms with E-state index in [-0.39, 0.29) is 49.2 Å². The molecule has 0 aliphatic carbocycles. The van der Waals surface area contributed by atoms with Gasteiger partial charge in [0.25, 0.3) is 5.54 Å². The van der Waals surface area contributed by atoms with Crippen LogP contribution in [0.3, 0.4) is 0 Å². The minimum absolute atomic E-state index is 0. The molecule has 0 aromatic rings. The predicted molar refractivity (Wildman–Crippen MR) is 41.7 cm³/mol. The maximum atomic E-state index is 10.7. The molecule has 7 nitrogen and oxygen atoms in total. The summed E-state index contributed by atoms with van der Waals surface area (Å²) in [4.78, 5) is 18.8. The van der Waals surface area contributed by atoms with Crippen LogP contribution in [0, 0.1) is 10.1 Å². The van der Waals surface area contributed by atoms with Gasteiger partial charge in [0.05, 0.1) is 0 Å². The summed E-state index contributed by atoms with van der Waals surface area (Å²) in [7, 11) is -4.02. The zero-order valence-electron chi connectivity index (χ0n) is 8.00. The Hall–Kier alpha value is 0.510. The summed E-state index contributed by atoms with van der Waals surface area (Å²) in [6.07, 6.45) is 0.194. The zero-order chi connectivity index (χ0) is 10.1. The molecule has 14 heavy (non-hydrogen) atoms. The van der Waals surface area contributed by atoms with Crippen LogP contribution in [0.2, 0.25) is 0 Å². The van der Waals surface area contributed by atoms with E-state index in [1.807, 2.05) is 0 Å². The maximum absolute atomic E-state index is 10.7. The van der Waals surface area contributed by atoms with Crippen LogP contribution in [-0.4, -0.2) is 28.6 Å². The number of hydrogen-bond acceptors (Lipinski definition) is 5. The summed E-state index contributed by atoms with van der Waals surface area (Å²) in [6, 6.07) is 0. The van der Waals surface area contributed by atoms with Gasteiger partial charge in [-0.25, -0.2) is 4.57 Å². The van der Waals surface area contributed by atoms with Gasteiger partial charge in [0.1, 0.15) is 13.2 Å². The molecule has 1 heterocycles. The second-order valence-electron chi connectivity index (χ2n) is 2.85. The Labute approximate surface area is 103 Å². The summed E-state index contributed by atoms with van der Waals surface area (Å²) < 4.78 is 19.5. The zero-order valence-corrected chi connectivity index (χ0v) is 10.9. The molecular formula is C5H10NNaO6P+. The Morgan fingerprint density at radius 3 is 2.29 bits per heavy atom. The van der Waals surface area contributed by atoms with Gasteiger partial charge < -0.3 is 4.89 Å². The molecule has 1 saturated heterocycles. The molecule has 0 radical (unpaired) electrons. The van der Waals surface area contributed by atoms with E-state index in [1.54, 1.807) is 6.92 Å². The van der Waals surface area contributed by atoms with Gasteiger partial charge in [0, 0.05) is 11.3 Å². The fourth-order valence-corrected chi connectivity index (χ4v) is 1.80. The van der Waals surface area contributed by atoms with Gasteiger partial charge in [0.15, 0.2) is 0 Å². The monoisotopic (exact) mass is 234 g/mol. The molecule has 0 amide bonds. The van der Waals surface area contributed by atoms with E-state index in [0.29, 0.717) is 0 Å². The standard InChI is InChI=1S/C5H10NO6P.Na/c1-2-5(6(7)8)3-11-13(9,10)12-4-5;/h2-4H2,1H3,(H,9,10);/q;+1.